The number of carboxylic acids is 1. The van der Waals surface area contributed by atoms with Gasteiger partial charge in [0.25, 0.3) is 0 Å². The van der Waals surface area contributed by atoms with E-state index in [2.05, 4.69) is 37.8 Å². The fourth-order valence-corrected chi connectivity index (χ4v) is 2.70. The third-order valence-electron chi connectivity index (χ3n) is 4.46. The number of nitrogens with two attached hydrogens (primary N) is 2. The first-order valence-electron chi connectivity index (χ1n) is 10.9. The zero-order chi connectivity index (χ0) is 28.4. The fourth-order valence-electron chi connectivity index (χ4n) is 2.70. The Morgan fingerprint density at radius 3 is 2.05 bits per heavy atom. The van der Waals surface area contributed by atoms with Crippen LogP contribution in [0.25, 0.3) is 0 Å². The number of amides is 5. The van der Waals surface area contributed by atoms with Crippen LogP contribution < -0.4 is 43.4 Å². The number of guanidine groups is 1. The molecule has 0 aliphatic rings. The van der Waals surface area contributed by atoms with Crippen molar-refractivity contribution >= 4 is 41.5 Å². The van der Waals surface area contributed by atoms with Crippen molar-refractivity contribution < 1.29 is 39.0 Å². The Kier molecular flexibility index (Phi) is 15.8. The van der Waals surface area contributed by atoms with Gasteiger partial charge in [-0.3, -0.25) is 34.2 Å². The molecular formula is C20H33N9O8. The van der Waals surface area contributed by atoms with E-state index in [1.807, 2.05) is 0 Å². The lowest BCUT2D eigenvalue weighted by Crippen LogP contribution is -2.56. The van der Waals surface area contributed by atoms with E-state index in [1.165, 1.54) is 0 Å². The van der Waals surface area contributed by atoms with Gasteiger partial charge in [-0.15, -0.1) is 6.42 Å². The largest absolute Gasteiger partial charge is 0.481 e. The average Bonchev–Trinajstić information content (AvgIpc) is 2.84. The van der Waals surface area contributed by atoms with Gasteiger partial charge in [-0.1, -0.05) is 5.92 Å². The number of aliphatic hydroxyl groups excluding tert-OH is 1. The lowest BCUT2D eigenvalue weighted by atomic mass is 10.1. The minimum atomic E-state index is -1.65. The minimum absolute atomic E-state index is 0.105. The lowest BCUT2D eigenvalue weighted by Gasteiger charge is -2.21. The molecule has 17 heteroatoms. The number of hydrogen-bond acceptors (Lipinski definition) is 9. The van der Waals surface area contributed by atoms with E-state index in [9.17, 15) is 33.9 Å². The van der Waals surface area contributed by atoms with Gasteiger partial charge < -0.3 is 53.6 Å². The predicted molar refractivity (Wildman–Crippen MR) is 128 cm³/mol. The third-order valence-corrected chi connectivity index (χ3v) is 4.46. The maximum atomic E-state index is 12.5. The van der Waals surface area contributed by atoms with Crippen LogP contribution in [0.2, 0.25) is 0 Å². The van der Waals surface area contributed by atoms with Crippen LogP contribution in [-0.4, -0.2) is 103 Å². The molecule has 0 aliphatic heterocycles. The Morgan fingerprint density at radius 2 is 1.51 bits per heavy atom. The van der Waals surface area contributed by atoms with Crippen LogP contribution in [0.3, 0.4) is 0 Å². The summed E-state index contributed by atoms with van der Waals surface area (Å²) in [7, 11) is 0. The molecular weight excluding hydrogens is 494 g/mol. The molecule has 0 radical (unpaired) electrons. The topological polar surface area (TPSA) is 291 Å². The number of hydrogen-bond donors (Lipinski definition) is 11. The summed E-state index contributed by atoms with van der Waals surface area (Å²) in [6.07, 6.45) is 4.57. The van der Waals surface area contributed by atoms with Crippen LogP contribution in [-0.2, 0) is 28.8 Å². The number of nitrogens with one attached hydrogen (secondary N) is 7. The van der Waals surface area contributed by atoms with E-state index in [4.69, 9.17) is 28.4 Å². The molecule has 0 bridgehead atoms. The first kappa shape index (κ1) is 32.6. The zero-order valence-corrected chi connectivity index (χ0v) is 20.0. The molecule has 0 aromatic heterocycles. The molecule has 37 heavy (non-hydrogen) atoms. The normalized spacial score (nSPS) is 12.5. The van der Waals surface area contributed by atoms with Crippen LogP contribution in [0.15, 0.2) is 0 Å². The molecule has 3 atom stereocenters. The Balaban J connectivity index is 5.10. The summed E-state index contributed by atoms with van der Waals surface area (Å²) in [5.74, 6) is -3.85. The number of rotatable bonds is 17. The molecule has 0 unspecified atom stereocenters. The van der Waals surface area contributed by atoms with Gasteiger partial charge in [0, 0.05) is 6.54 Å². The Hall–Kier alpha value is -4.43. The summed E-state index contributed by atoms with van der Waals surface area (Å²) in [5, 5.41) is 39.1. The smallest absolute Gasteiger partial charge is 0.305 e. The van der Waals surface area contributed by atoms with Gasteiger partial charge in [-0.05, 0) is 12.8 Å². The highest BCUT2D eigenvalue weighted by Gasteiger charge is 2.28. The fraction of sp³-hybridized carbons (Fsp3) is 0.550. The van der Waals surface area contributed by atoms with Crippen molar-refractivity contribution in [3.05, 3.63) is 0 Å². The van der Waals surface area contributed by atoms with Gasteiger partial charge in [0.15, 0.2) is 5.96 Å². The second-order valence-electron chi connectivity index (χ2n) is 7.41. The average molecular weight is 528 g/mol. The standard InChI is InChI=1S/C20H33N9O8/c1-2-5-24-18(36)13(10-30)29-19(37)12(7-16(33)34)28-15(32)9-26-17(35)11(27-14(31)8-21)4-3-6-25-20(22)23/h1,11-13,30H,3-10,21H2,(H,24,36)(H,26,35)(H,27,31)(H,28,32)(H,29,37)(H,33,34)(H4,22,23,25)/t11-,12-,13-/m0/s1. The van der Waals surface area contributed by atoms with Gasteiger partial charge in [0.2, 0.25) is 29.5 Å². The summed E-state index contributed by atoms with van der Waals surface area (Å²) in [4.78, 5) is 71.9. The summed E-state index contributed by atoms with van der Waals surface area (Å²) >= 11 is 0. The predicted octanol–water partition coefficient (Wildman–Crippen LogP) is -6.00. The molecule has 0 aromatic rings. The first-order chi connectivity index (χ1) is 17.4. The number of terminal acetylenes is 1. The molecule has 0 saturated heterocycles. The van der Waals surface area contributed by atoms with Gasteiger partial charge in [-0.2, -0.15) is 0 Å². The summed E-state index contributed by atoms with van der Waals surface area (Å²) in [6, 6.07) is -4.19. The van der Waals surface area contributed by atoms with Gasteiger partial charge in [0.1, 0.15) is 18.1 Å². The quantitative estimate of drug-likeness (QED) is 0.0366. The maximum Gasteiger partial charge on any atom is 0.305 e. The Labute approximate surface area is 212 Å². The second kappa shape index (κ2) is 17.9. The van der Waals surface area contributed by atoms with E-state index in [0.29, 0.717) is 6.42 Å². The Morgan fingerprint density at radius 1 is 0.892 bits per heavy atom. The van der Waals surface area contributed by atoms with Crippen molar-refractivity contribution in [2.75, 3.05) is 32.8 Å². The van der Waals surface area contributed by atoms with E-state index in [1.54, 1.807) is 0 Å². The maximum absolute atomic E-state index is 12.5. The third kappa shape index (κ3) is 14.5. The van der Waals surface area contributed by atoms with Gasteiger partial charge in [0.05, 0.1) is 32.7 Å². The van der Waals surface area contributed by atoms with Crippen LogP contribution in [0, 0.1) is 17.8 Å². The highest BCUT2D eigenvalue weighted by atomic mass is 16.4. The highest BCUT2D eigenvalue weighted by Crippen LogP contribution is 1.99. The van der Waals surface area contributed by atoms with Crippen molar-refractivity contribution in [3.63, 3.8) is 0 Å². The molecule has 17 nitrogen and oxygen atoms in total. The molecule has 0 fully saturated rings. The number of carbonyl (C=O) groups excluding carboxylic acids is 5. The van der Waals surface area contributed by atoms with Gasteiger partial charge >= 0.3 is 5.97 Å². The van der Waals surface area contributed by atoms with Crippen LogP contribution >= 0.6 is 0 Å². The number of carbonyl (C=O) groups is 6. The van der Waals surface area contributed by atoms with E-state index in [-0.39, 0.29) is 25.5 Å². The van der Waals surface area contributed by atoms with Crippen molar-refractivity contribution in [1.29, 1.82) is 5.41 Å². The summed E-state index contributed by atoms with van der Waals surface area (Å²) in [5.41, 5.74) is 10.4. The van der Waals surface area contributed by atoms with E-state index in [0.717, 1.165) is 0 Å². The van der Waals surface area contributed by atoms with Crippen molar-refractivity contribution in [1.82, 2.24) is 31.9 Å². The van der Waals surface area contributed by atoms with E-state index < -0.39 is 79.7 Å². The van der Waals surface area contributed by atoms with Crippen molar-refractivity contribution in [3.8, 4) is 12.3 Å². The second-order valence-corrected chi connectivity index (χ2v) is 7.41. The Bertz CT molecular complexity index is 890. The molecule has 0 heterocycles. The summed E-state index contributed by atoms with van der Waals surface area (Å²) in [6.45, 7) is -1.85. The van der Waals surface area contributed by atoms with Crippen LogP contribution in [0.5, 0.6) is 0 Å². The van der Waals surface area contributed by atoms with Crippen LogP contribution in [0.1, 0.15) is 19.3 Å². The molecule has 0 saturated carbocycles. The molecule has 0 aliphatic carbocycles. The SMILES string of the molecule is C#CCNC(=O)[C@H](CO)NC(=O)[C@H](CC(=O)O)NC(=O)CNC(=O)[C@H](CCCNC(=N)N)NC(=O)CN. The van der Waals surface area contributed by atoms with Crippen molar-refractivity contribution in [2.45, 2.75) is 37.4 Å². The molecule has 0 spiro atoms. The number of aliphatic carboxylic acids is 1. The molecule has 0 rings (SSSR count). The number of carboxylic acid groups (broad SMARTS) is 1. The highest BCUT2D eigenvalue weighted by molar-refractivity contribution is 5.95. The molecule has 13 N–H and O–H groups in total. The minimum Gasteiger partial charge on any atom is -0.481 e. The molecule has 0 aromatic carbocycles. The zero-order valence-electron chi connectivity index (χ0n) is 20.0. The number of aliphatic hydroxyl groups is 1. The van der Waals surface area contributed by atoms with Crippen LogP contribution in [0.4, 0.5) is 0 Å². The lowest BCUT2D eigenvalue weighted by molar-refractivity contribution is -0.141. The monoisotopic (exact) mass is 527 g/mol. The summed E-state index contributed by atoms with van der Waals surface area (Å²) < 4.78 is 0. The molecule has 206 valence electrons. The van der Waals surface area contributed by atoms with Crippen molar-refractivity contribution in [2.24, 2.45) is 11.5 Å². The first-order valence-corrected chi connectivity index (χ1v) is 10.9. The van der Waals surface area contributed by atoms with Gasteiger partial charge in [-0.25, -0.2) is 0 Å². The van der Waals surface area contributed by atoms with E-state index >= 15 is 0 Å². The molecule has 5 amide bonds.